The van der Waals surface area contributed by atoms with Crippen molar-refractivity contribution in [1.82, 2.24) is 9.88 Å². The van der Waals surface area contributed by atoms with Gasteiger partial charge in [-0.25, -0.2) is 4.98 Å². The maximum Gasteiger partial charge on any atom is 0.254 e. The third-order valence-corrected chi connectivity index (χ3v) is 5.56. The highest BCUT2D eigenvalue weighted by atomic mass is 32.1. The number of amides is 2. The summed E-state index contributed by atoms with van der Waals surface area (Å²) in [5.41, 5.74) is 5.29. The molecular formula is C20H19N3O2S. The first kappa shape index (κ1) is 16.7. The van der Waals surface area contributed by atoms with E-state index in [0.717, 1.165) is 21.5 Å². The third-order valence-electron chi connectivity index (χ3n) is 4.77. The number of benzene rings is 2. The van der Waals surface area contributed by atoms with E-state index >= 15 is 0 Å². The van der Waals surface area contributed by atoms with Crippen molar-refractivity contribution >= 4 is 39.1 Å². The molecule has 0 radical (unpaired) electrons. The van der Waals surface area contributed by atoms with Crippen molar-refractivity contribution in [3.63, 3.8) is 0 Å². The van der Waals surface area contributed by atoms with E-state index in [9.17, 15) is 9.59 Å². The molecule has 3 aromatic rings. The fourth-order valence-electron chi connectivity index (χ4n) is 3.25. The van der Waals surface area contributed by atoms with Gasteiger partial charge in [0.25, 0.3) is 5.91 Å². The number of hydrogen-bond acceptors (Lipinski definition) is 4. The Morgan fingerprint density at radius 3 is 2.73 bits per heavy atom. The molecule has 26 heavy (non-hydrogen) atoms. The van der Waals surface area contributed by atoms with Crippen molar-refractivity contribution in [2.45, 2.75) is 19.9 Å². The summed E-state index contributed by atoms with van der Waals surface area (Å²) < 4.78 is 0.980. The minimum Gasteiger partial charge on any atom is -0.325 e. The zero-order valence-corrected chi connectivity index (χ0v) is 15.5. The summed E-state index contributed by atoms with van der Waals surface area (Å²) in [6.07, 6.45) is 0. The molecule has 0 saturated carbocycles. The van der Waals surface area contributed by atoms with E-state index in [-0.39, 0.29) is 24.4 Å². The van der Waals surface area contributed by atoms with E-state index in [0.29, 0.717) is 12.1 Å². The fourth-order valence-corrected chi connectivity index (χ4v) is 3.97. The van der Waals surface area contributed by atoms with Gasteiger partial charge in [-0.3, -0.25) is 9.59 Å². The van der Waals surface area contributed by atoms with Crippen LogP contribution in [0.5, 0.6) is 0 Å². The second kappa shape index (κ2) is 6.53. The number of rotatable bonds is 2. The lowest BCUT2D eigenvalue weighted by atomic mass is 10.1. The molecule has 0 aliphatic carbocycles. The molecule has 2 aromatic carbocycles. The Balaban J connectivity index is 1.56. The van der Waals surface area contributed by atoms with Crippen LogP contribution in [0.3, 0.4) is 0 Å². The van der Waals surface area contributed by atoms with Gasteiger partial charge in [-0.15, -0.1) is 11.3 Å². The van der Waals surface area contributed by atoms with Crippen LogP contribution >= 0.6 is 11.3 Å². The van der Waals surface area contributed by atoms with E-state index in [1.165, 1.54) is 11.3 Å². The number of aryl methyl sites for hydroxylation is 1. The summed E-state index contributed by atoms with van der Waals surface area (Å²) in [5.74, 6) is -0.163. The minimum absolute atomic E-state index is 0.0563. The highest BCUT2D eigenvalue weighted by Crippen LogP contribution is 2.24. The molecule has 0 spiro atoms. The van der Waals surface area contributed by atoms with Crippen LogP contribution in [0.4, 0.5) is 5.69 Å². The Hall–Kier alpha value is -2.73. The largest absolute Gasteiger partial charge is 0.325 e. The molecule has 5 nitrogen and oxygen atoms in total. The van der Waals surface area contributed by atoms with E-state index < -0.39 is 0 Å². The van der Waals surface area contributed by atoms with Gasteiger partial charge >= 0.3 is 0 Å². The van der Waals surface area contributed by atoms with Crippen LogP contribution in [0.15, 0.2) is 48.0 Å². The van der Waals surface area contributed by atoms with Gasteiger partial charge in [0, 0.05) is 23.8 Å². The van der Waals surface area contributed by atoms with Gasteiger partial charge in [-0.2, -0.15) is 0 Å². The second-order valence-corrected chi connectivity index (χ2v) is 7.54. The quantitative estimate of drug-likeness (QED) is 0.699. The Labute approximate surface area is 155 Å². The normalized spacial score (nSPS) is 17.8. The van der Waals surface area contributed by atoms with E-state index in [2.05, 4.69) is 4.98 Å². The number of carbonyl (C=O) groups excluding carboxylic acids is 2. The summed E-state index contributed by atoms with van der Waals surface area (Å²) in [6, 6.07) is 13.3. The Kier molecular flexibility index (Phi) is 4.20. The van der Waals surface area contributed by atoms with Gasteiger partial charge in [-0.1, -0.05) is 17.7 Å². The number of thiazole rings is 1. The summed E-state index contributed by atoms with van der Waals surface area (Å²) >= 11 is 1.51. The number of hydrogen-bond donors (Lipinski definition) is 0. The van der Waals surface area contributed by atoms with Crippen molar-refractivity contribution in [2.75, 3.05) is 18.0 Å². The Bertz CT molecular complexity index is 980. The molecule has 2 heterocycles. The predicted molar refractivity (Wildman–Crippen MR) is 104 cm³/mol. The summed E-state index contributed by atoms with van der Waals surface area (Å²) in [7, 11) is 0. The molecule has 132 valence electrons. The average molecular weight is 365 g/mol. The van der Waals surface area contributed by atoms with Crippen LogP contribution in [0.2, 0.25) is 0 Å². The second-order valence-electron chi connectivity index (χ2n) is 6.66. The maximum absolute atomic E-state index is 12.9. The monoisotopic (exact) mass is 365 g/mol. The van der Waals surface area contributed by atoms with Crippen LogP contribution < -0.4 is 4.90 Å². The Morgan fingerprint density at radius 2 is 1.96 bits per heavy atom. The van der Waals surface area contributed by atoms with Gasteiger partial charge in [-0.05, 0) is 44.2 Å². The average Bonchev–Trinajstić information content (AvgIpc) is 3.11. The van der Waals surface area contributed by atoms with Gasteiger partial charge in [0.05, 0.1) is 15.7 Å². The predicted octanol–water partition coefficient (Wildman–Crippen LogP) is 3.48. The first-order chi connectivity index (χ1) is 12.5. The molecule has 1 atom stereocenters. The minimum atomic E-state index is -0.107. The van der Waals surface area contributed by atoms with Gasteiger partial charge in [0.1, 0.15) is 6.54 Å². The van der Waals surface area contributed by atoms with E-state index in [1.54, 1.807) is 21.4 Å². The highest BCUT2D eigenvalue weighted by molar-refractivity contribution is 7.16. The van der Waals surface area contributed by atoms with Crippen molar-refractivity contribution in [2.24, 2.45) is 0 Å². The highest BCUT2D eigenvalue weighted by Gasteiger charge is 2.33. The number of aromatic nitrogens is 1. The lowest BCUT2D eigenvalue weighted by Gasteiger charge is -2.39. The van der Waals surface area contributed by atoms with Crippen LogP contribution in [0.1, 0.15) is 22.8 Å². The first-order valence-corrected chi connectivity index (χ1v) is 9.42. The zero-order valence-electron chi connectivity index (χ0n) is 14.7. The number of carbonyl (C=O) groups is 2. The lowest BCUT2D eigenvalue weighted by Crippen LogP contribution is -2.57. The molecule has 4 rings (SSSR count). The van der Waals surface area contributed by atoms with Gasteiger partial charge in [0.2, 0.25) is 5.91 Å². The van der Waals surface area contributed by atoms with Crippen molar-refractivity contribution in [1.29, 1.82) is 0 Å². The van der Waals surface area contributed by atoms with E-state index in [1.807, 2.05) is 50.2 Å². The van der Waals surface area contributed by atoms with E-state index in [4.69, 9.17) is 0 Å². The standard InChI is InChI=1S/C20H19N3O2S/c1-13-3-6-16(7-4-13)23-10-14(2)22(11-19(23)24)20(25)15-5-8-17-18(9-15)26-12-21-17/h3-9,12,14H,10-11H2,1-2H3. The van der Waals surface area contributed by atoms with Crippen molar-refractivity contribution in [3.05, 3.63) is 59.1 Å². The molecule has 1 fully saturated rings. The molecule has 1 unspecified atom stereocenters. The molecule has 1 aromatic heterocycles. The third kappa shape index (κ3) is 2.97. The topological polar surface area (TPSA) is 53.5 Å². The number of piperazine rings is 1. The molecule has 1 saturated heterocycles. The summed E-state index contributed by atoms with van der Waals surface area (Å²) in [4.78, 5) is 33.3. The molecule has 1 aliphatic rings. The number of anilines is 1. The zero-order chi connectivity index (χ0) is 18.3. The SMILES string of the molecule is Cc1ccc(N2CC(C)N(C(=O)c3ccc4ncsc4c3)CC2=O)cc1. The Morgan fingerprint density at radius 1 is 1.19 bits per heavy atom. The number of fused-ring (bicyclic) bond motifs is 1. The molecule has 0 bridgehead atoms. The molecule has 0 N–H and O–H groups in total. The number of nitrogens with zero attached hydrogens (tertiary/aromatic N) is 3. The maximum atomic E-state index is 12.9. The fraction of sp³-hybridized carbons (Fsp3) is 0.250. The van der Waals surface area contributed by atoms with Gasteiger partial charge < -0.3 is 9.80 Å². The molecule has 1 aliphatic heterocycles. The van der Waals surface area contributed by atoms with Crippen molar-refractivity contribution < 1.29 is 9.59 Å². The smallest absolute Gasteiger partial charge is 0.254 e. The van der Waals surface area contributed by atoms with Crippen LogP contribution in [-0.2, 0) is 4.79 Å². The van der Waals surface area contributed by atoms with Gasteiger partial charge in [0.15, 0.2) is 0 Å². The first-order valence-electron chi connectivity index (χ1n) is 8.54. The summed E-state index contributed by atoms with van der Waals surface area (Å²) in [6.45, 7) is 4.59. The summed E-state index contributed by atoms with van der Waals surface area (Å²) in [5, 5.41) is 0. The lowest BCUT2D eigenvalue weighted by molar-refractivity contribution is -0.121. The van der Waals surface area contributed by atoms with Crippen LogP contribution in [-0.4, -0.2) is 40.8 Å². The molecule has 6 heteroatoms. The molecule has 2 amide bonds. The van der Waals surface area contributed by atoms with Crippen LogP contribution in [0, 0.1) is 6.92 Å². The van der Waals surface area contributed by atoms with Crippen LogP contribution in [0.25, 0.3) is 10.2 Å². The molecular weight excluding hydrogens is 346 g/mol. The van der Waals surface area contributed by atoms with Crippen molar-refractivity contribution in [3.8, 4) is 0 Å².